The van der Waals surface area contributed by atoms with Crippen LogP contribution in [0, 0.1) is 16.2 Å². The Morgan fingerprint density at radius 1 is 1.00 bits per heavy atom. The summed E-state index contributed by atoms with van der Waals surface area (Å²) in [7, 11) is -0.757. The number of carbonyl (C=O) groups excluding carboxylic acids is 1. The van der Waals surface area contributed by atoms with E-state index >= 15 is 0 Å². The molecule has 2 fully saturated rings. The second-order valence-electron chi connectivity index (χ2n) is 8.99. The van der Waals surface area contributed by atoms with Gasteiger partial charge in [0.25, 0.3) is 0 Å². The SMILES string of the molecule is CP(C)C(=O)OCC(C)(C)C1OCC2(COC(C(C)(C)CO)OC2)CO1. The molecule has 2 heterocycles. The molecule has 0 radical (unpaired) electrons. The predicted octanol–water partition coefficient (Wildman–Crippen LogP) is 2.64. The summed E-state index contributed by atoms with van der Waals surface area (Å²) in [5.74, 6) is 0. The van der Waals surface area contributed by atoms with Crippen LogP contribution >= 0.6 is 7.92 Å². The molecule has 8 heteroatoms. The summed E-state index contributed by atoms with van der Waals surface area (Å²) in [5, 5.41) is 9.45. The lowest BCUT2D eigenvalue weighted by Crippen LogP contribution is -2.57. The minimum atomic E-state index is -0.757. The first-order valence-corrected chi connectivity index (χ1v) is 11.2. The zero-order chi connectivity index (χ0) is 19.6. The molecule has 0 aromatic heterocycles. The normalized spacial score (nSPS) is 30.6. The second kappa shape index (κ2) is 8.38. The van der Waals surface area contributed by atoms with Crippen molar-refractivity contribution in [1.29, 1.82) is 0 Å². The Labute approximate surface area is 157 Å². The van der Waals surface area contributed by atoms with Gasteiger partial charge in [-0.15, -0.1) is 0 Å². The largest absolute Gasteiger partial charge is 0.462 e. The van der Waals surface area contributed by atoms with Gasteiger partial charge >= 0.3 is 5.71 Å². The van der Waals surface area contributed by atoms with E-state index in [0.717, 1.165) is 0 Å². The zero-order valence-corrected chi connectivity index (χ0v) is 17.6. The molecule has 0 unspecified atom stereocenters. The van der Waals surface area contributed by atoms with E-state index in [1.54, 1.807) is 0 Å². The van der Waals surface area contributed by atoms with Gasteiger partial charge in [-0.2, -0.15) is 0 Å². The van der Waals surface area contributed by atoms with Crippen molar-refractivity contribution in [3.63, 3.8) is 0 Å². The van der Waals surface area contributed by atoms with Gasteiger partial charge in [0.15, 0.2) is 12.6 Å². The van der Waals surface area contributed by atoms with E-state index in [0.29, 0.717) is 26.4 Å². The number of carbonyl (C=O) groups is 1. The predicted molar refractivity (Wildman–Crippen MR) is 98.6 cm³/mol. The fraction of sp³-hybridized carbons (Fsp3) is 0.944. The van der Waals surface area contributed by atoms with Crippen molar-refractivity contribution in [3.05, 3.63) is 0 Å². The maximum absolute atomic E-state index is 11.7. The molecule has 7 nitrogen and oxygen atoms in total. The molecular weight excluding hydrogens is 359 g/mol. The molecule has 152 valence electrons. The van der Waals surface area contributed by atoms with E-state index in [1.807, 2.05) is 41.0 Å². The van der Waals surface area contributed by atoms with Crippen LogP contribution in [-0.2, 0) is 23.7 Å². The van der Waals surface area contributed by atoms with Gasteiger partial charge in [-0.25, -0.2) is 4.79 Å². The van der Waals surface area contributed by atoms with Crippen molar-refractivity contribution in [2.24, 2.45) is 16.2 Å². The van der Waals surface area contributed by atoms with Gasteiger partial charge in [0, 0.05) is 18.8 Å². The van der Waals surface area contributed by atoms with Crippen LogP contribution in [0.5, 0.6) is 0 Å². The monoisotopic (exact) mass is 392 g/mol. The first kappa shape index (κ1) is 22.0. The van der Waals surface area contributed by atoms with Gasteiger partial charge in [-0.05, 0) is 13.3 Å². The molecular formula is C18H33O7P. The number of aliphatic hydroxyl groups excluding tert-OH is 1. The summed E-state index contributed by atoms with van der Waals surface area (Å²) < 4.78 is 29.0. The van der Waals surface area contributed by atoms with Crippen molar-refractivity contribution in [2.75, 3.05) is 53.0 Å². The first-order valence-electron chi connectivity index (χ1n) is 8.93. The summed E-state index contributed by atoms with van der Waals surface area (Å²) in [5.41, 5.74) is -1.40. The molecule has 0 amide bonds. The van der Waals surface area contributed by atoms with Crippen molar-refractivity contribution < 1.29 is 33.6 Å². The van der Waals surface area contributed by atoms with Crippen LogP contribution in [-0.4, -0.2) is 76.4 Å². The molecule has 0 bridgehead atoms. The van der Waals surface area contributed by atoms with Gasteiger partial charge in [-0.3, -0.25) is 0 Å². The third-order valence-corrected chi connectivity index (χ3v) is 5.64. The molecule has 0 saturated carbocycles. The maximum Gasteiger partial charge on any atom is 0.325 e. The lowest BCUT2D eigenvalue weighted by Gasteiger charge is -2.48. The quantitative estimate of drug-likeness (QED) is 0.696. The molecule has 26 heavy (non-hydrogen) atoms. The van der Waals surface area contributed by atoms with Crippen molar-refractivity contribution in [3.8, 4) is 0 Å². The van der Waals surface area contributed by atoms with E-state index in [-0.39, 0.29) is 24.3 Å². The lowest BCUT2D eigenvalue weighted by molar-refractivity contribution is -0.336. The van der Waals surface area contributed by atoms with E-state index in [2.05, 4.69) is 0 Å². The Balaban J connectivity index is 1.84. The fourth-order valence-electron chi connectivity index (χ4n) is 2.78. The molecule has 1 N–H and O–H groups in total. The third kappa shape index (κ3) is 5.15. The smallest absolute Gasteiger partial charge is 0.325 e. The minimum Gasteiger partial charge on any atom is -0.462 e. The summed E-state index contributed by atoms with van der Waals surface area (Å²) >= 11 is 0. The Hall–Kier alpha value is -0.300. The second-order valence-corrected chi connectivity index (χ2v) is 11.1. The summed E-state index contributed by atoms with van der Waals surface area (Å²) in [6.07, 6.45) is -0.892. The molecule has 2 saturated heterocycles. The molecule has 0 aliphatic carbocycles. The van der Waals surface area contributed by atoms with Gasteiger partial charge in [0.2, 0.25) is 0 Å². The van der Waals surface area contributed by atoms with Gasteiger partial charge < -0.3 is 28.8 Å². The summed E-state index contributed by atoms with van der Waals surface area (Å²) in [6, 6.07) is 0. The Bertz CT molecular complexity index is 474. The number of ether oxygens (including phenoxy) is 5. The lowest BCUT2D eigenvalue weighted by atomic mass is 9.86. The van der Waals surface area contributed by atoms with Crippen LogP contribution in [0.1, 0.15) is 27.7 Å². The number of hydrogen-bond donors (Lipinski definition) is 1. The maximum atomic E-state index is 11.7. The van der Waals surface area contributed by atoms with Crippen LogP contribution < -0.4 is 0 Å². The van der Waals surface area contributed by atoms with Crippen LogP contribution in [0.3, 0.4) is 0 Å². The Morgan fingerprint density at radius 3 is 1.81 bits per heavy atom. The van der Waals surface area contributed by atoms with E-state index < -0.39 is 31.3 Å². The average molecular weight is 392 g/mol. The Kier molecular flexibility index (Phi) is 7.08. The molecule has 0 aromatic carbocycles. The summed E-state index contributed by atoms with van der Waals surface area (Å²) in [4.78, 5) is 11.7. The standard InChI is InChI=1S/C18H33O7P/c1-16(2,7-19)13-21-9-18(10-22-13)11-23-14(24-12-18)17(3,4)8-25-15(20)26(5)6/h13-14,19H,7-12H2,1-6H3. The molecule has 0 aromatic rings. The van der Waals surface area contributed by atoms with Crippen molar-refractivity contribution in [2.45, 2.75) is 40.3 Å². The number of rotatable bonds is 6. The van der Waals surface area contributed by atoms with Crippen molar-refractivity contribution >= 4 is 13.6 Å². The molecule has 2 aliphatic rings. The number of hydrogen-bond acceptors (Lipinski definition) is 7. The highest BCUT2D eigenvalue weighted by Gasteiger charge is 2.47. The molecule has 1 spiro atoms. The van der Waals surface area contributed by atoms with Gasteiger partial charge in [0.05, 0.1) is 38.4 Å². The highest BCUT2D eigenvalue weighted by molar-refractivity contribution is 7.72. The van der Waals surface area contributed by atoms with Gasteiger partial charge in [-0.1, -0.05) is 27.7 Å². The Morgan fingerprint density at radius 2 is 1.42 bits per heavy atom. The van der Waals surface area contributed by atoms with Crippen LogP contribution in [0.25, 0.3) is 0 Å². The van der Waals surface area contributed by atoms with E-state index in [1.165, 1.54) is 0 Å². The highest BCUT2D eigenvalue weighted by atomic mass is 31.1. The fourth-order valence-corrected chi connectivity index (χ4v) is 3.10. The molecule has 2 aliphatic heterocycles. The minimum absolute atomic E-state index is 0.00956. The average Bonchev–Trinajstić information content (AvgIpc) is 2.60. The third-order valence-electron chi connectivity index (χ3n) is 4.78. The van der Waals surface area contributed by atoms with E-state index in [4.69, 9.17) is 23.7 Å². The highest BCUT2D eigenvalue weighted by Crippen LogP contribution is 2.38. The van der Waals surface area contributed by atoms with E-state index in [9.17, 15) is 9.90 Å². The zero-order valence-electron chi connectivity index (χ0n) is 16.7. The van der Waals surface area contributed by atoms with Crippen LogP contribution in [0.2, 0.25) is 0 Å². The van der Waals surface area contributed by atoms with Gasteiger partial charge in [0.1, 0.15) is 6.61 Å². The van der Waals surface area contributed by atoms with Crippen LogP contribution in [0.4, 0.5) is 4.79 Å². The number of aliphatic hydroxyl groups is 1. The van der Waals surface area contributed by atoms with Crippen molar-refractivity contribution in [1.82, 2.24) is 0 Å². The summed E-state index contributed by atoms with van der Waals surface area (Å²) in [6.45, 7) is 13.5. The molecule has 0 atom stereocenters. The first-order chi connectivity index (χ1) is 12.0. The van der Waals surface area contributed by atoms with Crippen LogP contribution in [0.15, 0.2) is 0 Å². The molecule has 2 rings (SSSR count). The topological polar surface area (TPSA) is 83.5 Å².